The average Bonchev–Trinajstić information content (AvgIpc) is 3.00. The van der Waals surface area contributed by atoms with Crippen molar-refractivity contribution in [1.29, 1.82) is 0 Å². The Kier molecular flexibility index (Phi) is 6.64. The molecule has 0 bridgehead atoms. The Labute approximate surface area is 175 Å². The third-order valence-corrected chi connectivity index (χ3v) is 5.52. The summed E-state index contributed by atoms with van der Waals surface area (Å²) in [5.41, 5.74) is 2.50. The van der Waals surface area contributed by atoms with Crippen LogP contribution in [0.5, 0.6) is 5.75 Å². The van der Waals surface area contributed by atoms with E-state index in [1.54, 1.807) is 24.3 Å². The number of nitrogens with one attached hydrogen (secondary N) is 2. The van der Waals surface area contributed by atoms with Gasteiger partial charge in [0.25, 0.3) is 5.91 Å². The molecule has 1 atom stereocenters. The zero-order valence-corrected chi connectivity index (χ0v) is 17.5. The van der Waals surface area contributed by atoms with Gasteiger partial charge in [0, 0.05) is 15.7 Å². The van der Waals surface area contributed by atoms with Crippen LogP contribution in [0.15, 0.2) is 51.8 Å². The lowest BCUT2D eigenvalue weighted by Crippen LogP contribution is -2.30. The first-order valence-electron chi connectivity index (χ1n) is 8.63. The Balaban J connectivity index is 1.74. The topological polar surface area (TPSA) is 87.7 Å². The van der Waals surface area contributed by atoms with Crippen LogP contribution in [-0.2, 0) is 16.0 Å². The third kappa shape index (κ3) is 5.30. The largest absolute Gasteiger partial charge is 0.481 e. The van der Waals surface area contributed by atoms with E-state index in [1.165, 1.54) is 17.3 Å². The lowest BCUT2D eigenvalue weighted by Gasteiger charge is -2.13. The highest BCUT2D eigenvalue weighted by Gasteiger charge is 2.27. The van der Waals surface area contributed by atoms with Gasteiger partial charge in [0.2, 0.25) is 0 Å². The minimum atomic E-state index is -1.06. The number of aryl methyl sites for hydroxylation is 1. The van der Waals surface area contributed by atoms with Crippen molar-refractivity contribution in [3.8, 4) is 5.75 Å². The van der Waals surface area contributed by atoms with E-state index in [-0.39, 0.29) is 11.4 Å². The van der Waals surface area contributed by atoms with Crippen molar-refractivity contribution in [2.24, 2.45) is 0 Å². The summed E-state index contributed by atoms with van der Waals surface area (Å²) in [7, 11) is 0. The van der Waals surface area contributed by atoms with E-state index in [1.807, 2.05) is 24.3 Å². The van der Waals surface area contributed by atoms with Gasteiger partial charge in [-0.05, 0) is 48.4 Å². The lowest BCUT2D eigenvalue weighted by molar-refractivity contribution is -0.139. The van der Waals surface area contributed by atoms with Crippen molar-refractivity contribution in [3.05, 3.63) is 63.0 Å². The van der Waals surface area contributed by atoms with Gasteiger partial charge in [-0.3, -0.25) is 4.79 Å². The normalized spacial score (nSPS) is 17.4. The molecule has 1 amide bonds. The first-order chi connectivity index (χ1) is 13.4. The van der Waals surface area contributed by atoms with E-state index in [9.17, 15) is 9.59 Å². The molecule has 146 valence electrons. The molecule has 6 nitrogen and oxygen atoms in total. The van der Waals surface area contributed by atoms with E-state index in [2.05, 4.69) is 33.5 Å². The van der Waals surface area contributed by atoms with Crippen LogP contribution in [0.3, 0.4) is 0 Å². The number of carbonyl (C=O) groups is 2. The Hall–Kier alpha value is -2.45. The molecule has 2 aromatic rings. The number of carboxylic acids is 1. The zero-order chi connectivity index (χ0) is 20.1. The van der Waals surface area contributed by atoms with Crippen LogP contribution in [0.1, 0.15) is 18.1 Å². The Morgan fingerprint density at radius 1 is 1.32 bits per heavy atom. The number of hydrogen-bond donors (Lipinski definition) is 3. The maximum atomic E-state index is 12.4. The number of aliphatic carboxylic acids is 1. The van der Waals surface area contributed by atoms with Crippen molar-refractivity contribution < 1.29 is 19.4 Å². The second kappa shape index (κ2) is 9.16. The Morgan fingerprint density at radius 3 is 2.75 bits per heavy atom. The molecule has 8 heteroatoms. The molecular weight excluding hydrogens is 444 g/mol. The maximum absolute atomic E-state index is 12.4. The van der Waals surface area contributed by atoms with E-state index < -0.39 is 12.6 Å². The fourth-order valence-electron chi connectivity index (χ4n) is 2.60. The number of carbonyl (C=O) groups excluding carboxylic acids is 1. The molecule has 1 aliphatic rings. The number of amides is 1. The summed E-state index contributed by atoms with van der Waals surface area (Å²) in [6, 6.07) is 13.3. The van der Waals surface area contributed by atoms with E-state index >= 15 is 0 Å². The molecule has 2 aromatic carbocycles. The smallest absolute Gasteiger partial charge is 0.341 e. The van der Waals surface area contributed by atoms with Crippen LogP contribution in [0.2, 0.25) is 0 Å². The molecule has 0 aliphatic carbocycles. The Morgan fingerprint density at radius 2 is 2.07 bits per heavy atom. The number of thioether (sulfide) groups is 1. The van der Waals surface area contributed by atoms with Crippen molar-refractivity contribution >= 4 is 51.3 Å². The highest BCUT2D eigenvalue weighted by molar-refractivity contribution is 9.10. The standard InChI is InChI=1S/C20H19BrN2O4S/c1-2-12-3-6-15(7-4-12)22-20-23-19(26)17(28-20)10-13-9-14(21)5-8-16(13)27-11-18(24)25/h3-10,20,22H,2,11H2,1H3,(H,23,26)(H,24,25)/b17-10-. The number of benzene rings is 2. The van der Waals surface area contributed by atoms with Gasteiger partial charge in [0.05, 0.1) is 4.91 Å². The molecule has 1 saturated heterocycles. The molecule has 1 fully saturated rings. The molecule has 3 N–H and O–H groups in total. The lowest BCUT2D eigenvalue weighted by atomic mass is 10.1. The van der Waals surface area contributed by atoms with Gasteiger partial charge in [-0.1, -0.05) is 46.7 Å². The van der Waals surface area contributed by atoms with Crippen molar-refractivity contribution in [1.82, 2.24) is 5.32 Å². The number of carboxylic acid groups (broad SMARTS) is 1. The van der Waals surface area contributed by atoms with Crippen LogP contribution >= 0.6 is 27.7 Å². The van der Waals surface area contributed by atoms with Crippen molar-refractivity contribution in [2.75, 3.05) is 11.9 Å². The molecule has 1 heterocycles. The van der Waals surface area contributed by atoms with E-state index in [4.69, 9.17) is 9.84 Å². The van der Waals surface area contributed by atoms with Crippen LogP contribution in [0, 0.1) is 0 Å². The highest BCUT2D eigenvalue weighted by atomic mass is 79.9. The summed E-state index contributed by atoms with van der Waals surface area (Å²) in [4.78, 5) is 23.6. The zero-order valence-electron chi connectivity index (χ0n) is 15.1. The molecule has 28 heavy (non-hydrogen) atoms. The second-order valence-electron chi connectivity index (χ2n) is 6.04. The van der Waals surface area contributed by atoms with Crippen molar-refractivity contribution in [2.45, 2.75) is 18.8 Å². The number of ether oxygens (including phenoxy) is 1. The van der Waals surface area contributed by atoms with Gasteiger partial charge in [-0.2, -0.15) is 0 Å². The fraction of sp³-hybridized carbons (Fsp3) is 0.200. The summed E-state index contributed by atoms with van der Waals surface area (Å²) >= 11 is 4.75. The van der Waals surface area contributed by atoms with Crippen molar-refractivity contribution in [3.63, 3.8) is 0 Å². The number of hydrogen-bond acceptors (Lipinski definition) is 5. The van der Waals surface area contributed by atoms with Gasteiger partial charge in [-0.15, -0.1) is 0 Å². The monoisotopic (exact) mass is 462 g/mol. The maximum Gasteiger partial charge on any atom is 0.341 e. The molecule has 0 aromatic heterocycles. The summed E-state index contributed by atoms with van der Waals surface area (Å²) in [6.07, 6.45) is 2.67. The van der Waals surface area contributed by atoms with Gasteiger partial charge >= 0.3 is 5.97 Å². The molecule has 3 rings (SSSR count). The average molecular weight is 463 g/mol. The van der Waals surface area contributed by atoms with E-state index in [0.717, 1.165) is 16.6 Å². The van der Waals surface area contributed by atoms with Gasteiger partial charge in [0.15, 0.2) is 12.1 Å². The van der Waals surface area contributed by atoms with Gasteiger partial charge in [0.1, 0.15) is 5.75 Å². The van der Waals surface area contributed by atoms with E-state index in [0.29, 0.717) is 16.2 Å². The first kappa shape index (κ1) is 20.3. The molecule has 1 unspecified atom stereocenters. The predicted molar refractivity (Wildman–Crippen MR) is 114 cm³/mol. The van der Waals surface area contributed by atoms with Crippen LogP contribution in [0.25, 0.3) is 6.08 Å². The highest BCUT2D eigenvalue weighted by Crippen LogP contribution is 2.33. The van der Waals surface area contributed by atoms with Gasteiger partial charge < -0.3 is 20.5 Å². The summed E-state index contributed by atoms with van der Waals surface area (Å²) in [5, 5.41) is 15.0. The summed E-state index contributed by atoms with van der Waals surface area (Å²) in [6.45, 7) is 1.65. The molecule has 1 aliphatic heterocycles. The second-order valence-corrected chi connectivity index (χ2v) is 8.10. The minimum absolute atomic E-state index is 0.197. The SMILES string of the molecule is CCc1ccc(NC2NC(=O)/C(=C/c3cc(Br)ccc3OCC(=O)O)S2)cc1. The van der Waals surface area contributed by atoms with Crippen LogP contribution < -0.4 is 15.4 Å². The Bertz CT molecular complexity index is 915. The number of rotatable bonds is 7. The quantitative estimate of drug-likeness (QED) is 0.537. The first-order valence-corrected chi connectivity index (χ1v) is 10.3. The fourth-order valence-corrected chi connectivity index (χ4v) is 3.95. The molecule has 0 spiro atoms. The number of halogens is 1. The predicted octanol–water partition coefficient (Wildman–Crippen LogP) is 4.07. The molecule has 0 radical (unpaired) electrons. The summed E-state index contributed by atoms with van der Waals surface area (Å²) in [5.74, 6) is -0.859. The van der Waals surface area contributed by atoms with Crippen LogP contribution in [-0.4, -0.2) is 29.1 Å². The third-order valence-electron chi connectivity index (χ3n) is 4.00. The molecular formula is C20H19BrN2O4S. The summed E-state index contributed by atoms with van der Waals surface area (Å²) < 4.78 is 6.12. The van der Waals surface area contributed by atoms with Crippen LogP contribution in [0.4, 0.5) is 5.69 Å². The van der Waals surface area contributed by atoms with Gasteiger partial charge in [-0.25, -0.2) is 4.79 Å². The molecule has 0 saturated carbocycles. The number of anilines is 1. The minimum Gasteiger partial charge on any atom is -0.481 e.